The summed E-state index contributed by atoms with van der Waals surface area (Å²) in [7, 11) is 0. The second-order valence-electron chi connectivity index (χ2n) is 6.02. The molecule has 4 N–H and O–H groups in total. The van der Waals surface area contributed by atoms with E-state index in [-0.39, 0.29) is 11.5 Å². The van der Waals surface area contributed by atoms with E-state index in [2.05, 4.69) is 0 Å². The van der Waals surface area contributed by atoms with Crippen LogP contribution in [0.1, 0.15) is 60.7 Å². The monoisotopic (exact) mass is 304 g/mol. The second kappa shape index (κ2) is 6.50. The van der Waals surface area contributed by atoms with Gasteiger partial charge in [-0.1, -0.05) is 13.8 Å². The molecule has 1 atom stereocenters. The average Bonchev–Trinajstić information content (AvgIpc) is 2.82. The maximum atomic E-state index is 11.7. The zero-order valence-corrected chi connectivity index (χ0v) is 13.3. The summed E-state index contributed by atoms with van der Waals surface area (Å²) in [6.45, 7) is 6.93. The van der Waals surface area contributed by atoms with E-state index in [1.165, 1.54) is 0 Å². The molecular formula is C17H24N2O3. The number of nitrogens with zero attached hydrogens (tertiary/aromatic N) is 1. The molecule has 0 aliphatic carbocycles. The summed E-state index contributed by atoms with van der Waals surface area (Å²) in [5.74, 6) is -0.728. The predicted octanol–water partition coefficient (Wildman–Crippen LogP) is 2.87. The summed E-state index contributed by atoms with van der Waals surface area (Å²) < 4.78 is 1.90. The first-order valence-corrected chi connectivity index (χ1v) is 7.64. The zero-order valence-electron chi connectivity index (χ0n) is 13.3. The van der Waals surface area contributed by atoms with Gasteiger partial charge in [0.15, 0.2) is 0 Å². The van der Waals surface area contributed by atoms with E-state index < -0.39 is 12.1 Å². The molecule has 0 aliphatic rings. The Balaban J connectivity index is 2.79. The van der Waals surface area contributed by atoms with Gasteiger partial charge in [0.05, 0.1) is 17.2 Å². The number of aromatic nitrogens is 1. The van der Waals surface area contributed by atoms with E-state index in [1.807, 2.05) is 30.7 Å². The largest absolute Gasteiger partial charge is 0.478 e. The van der Waals surface area contributed by atoms with Gasteiger partial charge in [0.1, 0.15) is 0 Å². The van der Waals surface area contributed by atoms with Crippen molar-refractivity contribution < 1.29 is 15.0 Å². The smallest absolute Gasteiger partial charge is 0.337 e. The van der Waals surface area contributed by atoms with Crippen molar-refractivity contribution in [2.75, 3.05) is 6.54 Å². The Bertz CT molecular complexity index is 687. The molecule has 0 bridgehead atoms. The maximum Gasteiger partial charge on any atom is 0.337 e. The third-order valence-corrected chi connectivity index (χ3v) is 3.98. The lowest BCUT2D eigenvalue weighted by atomic mass is 9.96. The minimum atomic E-state index is -0.947. The van der Waals surface area contributed by atoms with Gasteiger partial charge in [-0.3, -0.25) is 0 Å². The van der Waals surface area contributed by atoms with E-state index >= 15 is 0 Å². The number of carboxylic acids is 1. The SMILES string of the molecule is CC(C)c1cc(C(=O)O)c2c(c1)c(C(C)O)cn2CCCN. The molecule has 0 aliphatic heterocycles. The normalized spacial score (nSPS) is 13.0. The van der Waals surface area contributed by atoms with Crippen molar-refractivity contribution in [2.45, 2.75) is 45.8 Å². The van der Waals surface area contributed by atoms with Crippen LogP contribution in [0.15, 0.2) is 18.3 Å². The Morgan fingerprint density at radius 2 is 2.00 bits per heavy atom. The van der Waals surface area contributed by atoms with E-state index in [0.29, 0.717) is 18.6 Å². The second-order valence-corrected chi connectivity index (χ2v) is 6.02. The molecule has 2 aromatic rings. The minimum absolute atomic E-state index is 0.219. The Morgan fingerprint density at radius 3 is 2.50 bits per heavy atom. The number of fused-ring (bicyclic) bond motifs is 1. The van der Waals surface area contributed by atoms with Crippen LogP contribution in [0.5, 0.6) is 0 Å². The molecule has 22 heavy (non-hydrogen) atoms. The lowest BCUT2D eigenvalue weighted by Gasteiger charge is -2.11. The Labute approximate surface area is 130 Å². The number of aromatic carboxylic acids is 1. The number of rotatable bonds is 6. The summed E-state index contributed by atoms with van der Waals surface area (Å²) in [6, 6.07) is 3.73. The van der Waals surface area contributed by atoms with Gasteiger partial charge in [0.25, 0.3) is 0 Å². The van der Waals surface area contributed by atoms with E-state index in [1.54, 1.807) is 13.0 Å². The molecule has 0 saturated heterocycles. The van der Waals surface area contributed by atoms with Crippen LogP contribution < -0.4 is 5.73 Å². The molecule has 1 aromatic carbocycles. The molecule has 5 nitrogen and oxygen atoms in total. The number of aliphatic hydroxyl groups is 1. The van der Waals surface area contributed by atoms with Crippen molar-refractivity contribution in [1.29, 1.82) is 0 Å². The van der Waals surface area contributed by atoms with Crippen molar-refractivity contribution in [3.05, 3.63) is 35.0 Å². The minimum Gasteiger partial charge on any atom is -0.478 e. The first-order valence-electron chi connectivity index (χ1n) is 7.64. The zero-order chi connectivity index (χ0) is 16.4. The molecule has 120 valence electrons. The topological polar surface area (TPSA) is 88.5 Å². The molecule has 0 saturated carbocycles. The summed E-state index contributed by atoms with van der Waals surface area (Å²) in [6.07, 6.45) is 1.96. The van der Waals surface area contributed by atoms with Gasteiger partial charge >= 0.3 is 5.97 Å². The van der Waals surface area contributed by atoms with Crippen molar-refractivity contribution in [3.63, 3.8) is 0 Å². The average molecular weight is 304 g/mol. The van der Waals surface area contributed by atoms with Crippen LogP contribution in [0.25, 0.3) is 10.9 Å². The van der Waals surface area contributed by atoms with Gasteiger partial charge in [-0.05, 0) is 43.5 Å². The quantitative estimate of drug-likeness (QED) is 0.765. The standard InChI is InChI=1S/C17H24N2O3/c1-10(2)12-7-13-15(11(3)20)9-19(6-4-5-18)16(13)14(8-12)17(21)22/h7-11,20H,4-6,18H2,1-3H3,(H,21,22). The number of carboxylic acid groups (broad SMARTS) is 1. The number of aryl methyl sites for hydroxylation is 1. The molecule has 1 unspecified atom stereocenters. The third kappa shape index (κ3) is 3.00. The number of hydrogen-bond acceptors (Lipinski definition) is 3. The summed E-state index contributed by atoms with van der Waals surface area (Å²) in [5, 5.41) is 20.4. The molecule has 0 radical (unpaired) electrons. The maximum absolute atomic E-state index is 11.7. The van der Waals surface area contributed by atoms with E-state index in [0.717, 1.165) is 22.9 Å². The predicted molar refractivity (Wildman–Crippen MR) is 87.3 cm³/mol. The van der Waals surface area contributed by atoms with Crippen LogP contribution in [0.3, 0.4) is 0 Å². The molecule has 0 spiro atoms. The summed E-state index contributed by atoms with van der Waals surface area (Å²) in [5.41, 5.74) is 8.24. The fourth-order valence-corrected chi connectivity index (χ4v) is 2.76. The number of carbonyl (C=O) groups is 1. The van der Waals surface area contributed by atoms with Crippen LogP contribution in [0.2, 0.25) is 0 Å². The van der Waals surface area contributed by atoms with Crippen molar-refractivity contribution in [1.82, 2.24) is 4.57 Å². The lowest BCUT2D eigenvalue weighted by molar-refractivity contribution is 0.0698. The molecule has 0 amide bonds. The van der Waals surface area contributed by atoms with Gasteiger partial charge in [0, 0.05) is 23.7 Å². The number of benzene rings is 1. The van der Waals surface area contributed by atoms with Crippen LogP contribution in [0.4, 0.5) is 0 Å². The van der Waals surface area contributed by atoms with Gasteiger partial charge in [-0.15, -0.1) is 0 Å². The van der Waals surface area contributed by atoms with Gasteiger partial charge in [-0.2, -0.15) is 0 Å². The van der Waals surface area contributed by atoms with Crippen LogP contribution in [0, 0.1) is 0 Å². The van der Waals surface area contributed by atoms with Gasteiger partial charge < -0.3 is 20.5 Å². The van der Waals surface area contributed by atoms with Crippen molar-refractivity contribution in [3.8, 4) is 0 Å². The van der Waals surface area contributed by atoms with Crippen LogP contribution >= 0.6 is 0 Å². The van der Waals surface area contributed by atoms with E-state index in [9.17, 15) is 15.0 Å². The fourth-order valence-electron chi connectivity index (χ4n) is 2.76. The highest BCUT2D eigenvalue weighted by atomic mass is 16.4. The first-order chi connectivity index (χ1) is 10.4. The molecule has 1 aromatic heterocycles. The molecular weight excluding hydrogens is 280 g/mol. The Kier molecular flexibility index (Phi) is 4.88. The first kappa shape index (κ1) is 16.5. The van der Waals surface area contributed by atoms with Crippen LogP contribution in [-0.4, -0.2) is 27.3 Å². The Hall–Kier alpha value is -1.85. The molecule has 1 heterocycles. The highest BCUT2D eigenvalue weighted by Crippen LogP contribution is 2.32. The van der Waals surface area contributed by atoms with E-state index in [4.69, 9.17) is 5.73 Å². The number of nitrogens with two attached hydrogens (primary N) is 1. The lowest BCUT2D eigenvalue weighted by Crippen LogP contribution is -2.08. The van der Waals surface area contributed by atoms with Crippen molar-refractivity contribution >= 4 is 16.9 Å². The van der Waals surface area contributed by atoms with Crippen LogP contribution in [-0.2, 0) is 6.54 Å². The molecule has 5 heteroatoms. The molecule has 0 fully saturated rings. The summed E-state index contributed by atoms with van der Waals surface area (Å²) in [4.78, 5) is 11.7. The van der Waals surface area contributed by atoms with Gasteiger partial charge in [-0.25, -0.2) is 4.79 Å². The summed E-state index contributed by atoms with van der Waals surface area (Å²) >= 11 is 0. The fraction of sp³-hybridized carbons (Fsp3) is 0.471. The number of hydrogen-bond donors (Lipinski definition) is 3. The Morgan fingerprint density at radius 1 is 1.32 bits per heavy atom. The van der Waals surface area contributed by atoms with Crippen molar-refractivity contribution in [2.24, 2.45) is 5.73 Å². The molecule has 2 rings (SSSR count). The highest BCUT2D eigenvalue weighted by molar-refractivity contribution is 6.04. The third-order valence-electron chi connectivity index (χ3n) is 3.98. The number of aliphatic hydroxyl groups excluding tert-OH is 1. The van der Waals surface area contributed by atoms with Gasteiger partial charge in [0.2, 0.25) is 0 Å². The highest BCUT2D eigenvalue weighted by Gasteiger charge is 2.20.